The fraction of sp³-hybridized carbons (Fsp3) is 0.548. The van der Waals surface area contributed by atoms with Gasteiger partial charge in [0.25, 0.3) is 0 Å². The van der Waals surface area contributed by atoms with Crippen molar-refractivity contribution in [2.24, 2.45) is 5.92 Å². The number of carbonyl (C=O) groups is 2. The number of morpholine rings is 1. The number of hydrogen-bond donors (Lipinski definition) is 0. The van der Waals surface area contributed by atoms with Crippen molar-refractivity contribution in [1.82, 2.24) is 4.90 Å². The second-order valence-electron chi connectivity index (χ2n) is 11.4. The fourth-order valence-corrected chi connectivity index (χ4v) is 5.67. The van der Waals surface area contributed by atoms with E-state index in [2.05, 4.69) is 53.7 Å². The quantitative estimate of drug-likeness (QED) is 0.389. The molecule has 2 aromatic rings. The van der Waals surface area contributed by atoms with Crippen LogP contribution >= 0.6 is 0 Å². The summed E-state index contributed by atoms with van der Waals surface area (Å²) in [6, 6.07) is 13.9. The van der Waals surface area contributed by atoms with Gasteiger partial charge in [-0.2, -0.15) is 0 Å². The zero-order valence-electron chi connectivity index (χ0n) is 22.6. The molecule has 2 saturated heterocycles. The van der Waals surface area contributed by atoms with Crippen LogP contribution in [0.2, 0.25) is 0 Å². The van der Waals surface area contributed by atoms with Crippen molar-refractivity contribution in [3.63, 3.8) is 0 Å². The number of benzene rings is 2. The van der Waals surface area contributed by atoms with Crippen LogP contribution < -0.4 is 0 Å². The van der Waals surface area contributed by atoms with E-state index in [9.17, 15) is 9.59 Å². The Kier molecular flexibility index (Phi) is 8.19. The lowest BCUT2D eigenvalue weighted by Gasteiger charge is -2.47. The molecule has 0 aromatic heterocycles. The Morgan fingerprint density at radius 2 is 1.44 bits per heavy atom. The van der Waals surface area contributed by atoms with E-state index in [1.165, 1.54) is 5.56 Å². The number of nitrogens with zero attached hydrogens (tertiary/aromatic N) is 1. The van der Waals surface area contributed by atoms with Crippen molar-refractivity contribution in [1.29, 1.82) is 0 Å². The summed E-state index contributed by atoms with van der Waals surface area (Å²) in [5, 5.41) is 0. The second kappa shape index (κ2) is 11.2. The molecule has 2 unspecified atom stereocenters. The van der Waals surface area contributed by atoms with Crippen LogP contribution in [0.1, 0.15) is 105 Å². The maximum Gasteiger partial charge on any atom is 0.410 e. The van der Waals surface area contributed by atoms with Crippen LogP contribution in [0, 0.1) is 5.92 Å². The van der Waals surface area contributed by atoms with Crippen LogP contribution in [0.15, 0.2) is 42.5 Å². The predicted octanol–water partition coefficient (Wildman–Crippen LogP) is 7.06. The lowest BCUT2D eigenvalue weighted by molar-refractivity contribution is -0.0755. The Morgan fingerprint density at radius 3 is 1.94 bits per heavy atom. The summed E-state index contributed by atoms with van der Waals surface area (Å²) in [6.45, 7) is 14.3. The van der Waals surface area contributed by atoms with Crippen LogP contribution in [0.3, 0.4) is 0 Å². The Morgan fingerprint density at radius 1 is 0.889 bits per heavy atom. The van der Waals surface area contributed by atoms with E-state index in [1.54, 1.807) is 0 Å². The van der Waals surface area contributed by atoms with Gasteiger partial charge in [0.2, 0.25) is 0 Å². The van der Waals surface area contributed by atoms with E-state index >= 15 is 0 Å². The normalized spacial score (nSPS) is 21.8. The van der Waals surface area contributed by atoms with Gasteiger partial charge in [0.15, 0.2) is 5.78 Å². The Balaban J connectivity index is 1.57. The molecule has 2 atom stereocenters. The van der Waals surface area contributed by atoms with Crippen molar-refractivity contribution in [3.8, 4) is 0 Å². The Bertz CT molecular complexity index is 1030. The number of ether oxygens (including phenoxy) is 2. The van der Waals surface area contributed by atoms with Gasteiger partial charge >= 0.3 is 6.09 Å². The lowest BCUT2D eigenvalue weighted by atomic mass is 9.75. The first-order valence-corrected chi connectivity index (χ1v) is 13.5. The minimum absolute atomic E-state index is 0.123. The molecule has 36 heavy (non-hydrogen) atoms. The highest BCUT2D eigenvalue weighted by Crippen LogP contribution is 2.39. The van der Waals surface area contributed by atoms with Gasteiger partial charge in [0.05, 0.1) is 25.3 Å². The molecule has 4 rings (SSSR count). The summed E-state index contributed by atoms with van der Waals surface area (Å²) in [6.07, 6.45) is 0.906. The number of fused-ring (bicyclic) bond motifs is 2. The third kappa shape index (κ3) is 5.51. The number of Topliss-reactive ketones (excluding diaryl/α,β-unsaturated/α-hetero) is 1. The van der Waals surface area contributed by atoms with E-state index < -0.39 is 0 Å². The van der Waals surface area contributed by atoms with Crippen LogP contribution in [0.4, 0.5) is 4.79 Å². The van der Waals surface area contributed by atoms with Crippen LogP contribution in [0.5, 0.6) is 0 Å². The molecule has 5 heteroatoms. The van der Waals surface area contributed by atoms with Crippen LogP contribution in [-0.2, 0) is 16.1 Å². The summed E-state index contributed by atoms with van der Waals surface area (Å²) in [5.74, 6) is 1.03. The average molecular weight is 492 g/mol. The van der Waals surface area contributed by atoms with E-state index in [0.717, 1.165) is 22.3 Å². The van der Waals surface area contributed by atoms with Crippen molar-refractivity contribution in [2.45, 2.75) is 90.8 Å². The SMILES string of the molecule is CC(C)c1cc(C(C)C)c(C(=O)C2CC3COCC(C2)N3C(=O)OCc2ccccc2)c(C(C)C)c1. The van der Waals surface area contributed by atoms with E-state index in [1.807, 2.05) is 35.2 Å². The minimum atomic E-state index is -0.310. The summed E-state index contributed by atoms with van der Waals surface area (Å²) < 4.78 is 11.5. The van der Waals surface area contributed by atoms with Gasteiger partial charge in [0, 0.05) is 11.5 Å². The number of carbonyl (C=O) groups excluding carboxylic acids is 2. The minimum Gasteiger partial charge on any atom is -0.445 e. The molecular formula is C31H41NO4. The van der Waals surface area contributed by atoms with Gasteiger partial charge in [0.1, 0.15) is 6.61 Å². The fourth-order valence-electron chi connectivity index (χ4n) is 5.67. The summed E-state index contributed by atoms with van der Waals surface area (Å²) in [5.41, 5.74) is 5.47. The molecule has 0 spiro atoms. The predicted molar refractivity (Wildman–Crippen MR) is 143 cm³/mol. The highest BCUT2D eigenvalue weighted by atomic mass is 16.6. The number of rotatable bonds is 7. The maximum absolute atomic E-state index is 14.2. The molecule has 2 fully saturated rings. The van der Waals surface area contributed by atoms with Crippen molar-refractivity contribution < 1.29 is 19.1 Å². The number of hydrogen-bond acceptors (Lipinski definition) is 4. The molecule has 0 aliphatic carbocycles. The highest BCUT2D eigenvalue weighted by molar-refractivity contribution is 6.01. The molecule has 0 N–H and O–H groups in total. The lowest BCUT2D eigenvalue weighted by Crippen LogP contribution is -2.60. The Hall–Kier alpha value is -2.66. The van der Waals surface area contributed by atoms with E-state index in [-0.39, 0.29) is 48.3 Å². The molecule has 1 amide bonds. The molecule has 0 radical (unpaired) electrons. The average Bonchev–Trinajstić information content (AvgIpc) is 2.85. The summed E-state index contributed by atoms with van der Waals surface area (Å²) >= 11 is 0. The van der Waals surface area contributed by atoms with Crippen molar-refractivity contribution in [2.75, 3.05) is 13.2 Å². The standard InChI is InChI=1S/C31H41NO4/c1-19(2)23-14-27(20(3)4)29(28(15-23)21(5)6)30(33)24-12-25-17-35-18-26(13-24)32(25)31(34)36-16-22-10-8-7-9-11-22/h7-11,14-15,19-21,24-26H,12-13,16-18H2,1-6H3. The van der Waals surface area contributed by atoms with Crippen molar-refractivity contribution in [3.05, 3.63) is 70.3 Å². The van der Waals surface area contributed by atoms with E-state index in [4.69, 9.17) is 9.47 Å². The molecule has 2 aromatic carbocycles. The van der Waals surface area contributed by atoms with Gasteiger partial charge in [-0.25, -0.2) is 4.79 Å². The molecule has 2 heterocycles. The zero-order valence-corrected chi connectivity index (χ0v) is 22.6. The first-order chi connectivity index (χ1) is 17.2. The third-order valence-electron chi connectivity index (χ3n) is 7.69. The first kappa shape index (κ1) is 26.4. The van der Waals surface area contributed by atoms with E-state index in [0.29, 0.717) is 32.0 Å². The maximum atomic E-state index is 14.2. The molecule has 2 aliphatic rings. The third-order valence-corrected chi connectivity index (χ3v) is 7.69. The first-order valence-electron chi connectivity index (χ1n) is 13.5. The van der Waals surface area contributed by atoms with Gasteiger partial charge in [-0.3, -0.25) is 9.69 Å². The molecular weight excluding hydrogens is 450 g/mol. The van der Waals surface area contributed by atoms with Gasteiger partial charge < -0.3 is 9.47 Å². The summed E-state index contributed by atoms with van der Waals surface area (Å²) in [4.78, 5) is 29.1. The largest absolute Gasteiger partial charge is 0.445 e. The molecule has 0 saturated carbocycles. The molecule has 2 bridgehead atoms. The number of ketones is 1. The number of piperidine rings is 1. The number of amides is 1. The topological polar surface area (TPSA) is 55.8 Å². The molecule has 194 valence electrons. The highest BCUT2D eigenvalue weighted by Gasteiger charge is 2.45. The van der Waals surface area contributed by atoms with Gasteiger partial charge in [-0.05, 0) is 52.8 Å². The van der Waals surface area contributed by atoms with Gasteiger partial charge in [-0.15, -0.1) is 0 Å². The summed E-state index contributed by atoms with van der Waals surface area (Å²) in [7, 11) is 0. The monoisotopic (exact) mass is 491 g/mol. The molecule has 2 aliphatic heterocycles. The van der Waals surface area contributed by atoms with Crippen LogP contribution in [-0.4, -0.2) is 42.1 Å². The Labute approximate surface area is 216 Å². The van der Waals surface area contributed by atoms with Gasteiger partial charge in [-0.1, -0.05) is 84.0 Å². The van der Waals surface area contributed by atoms with Crippen LogP contribution in [0.25, 0.3) is 0 Å². The smallest absolute Gasteiger partial charge is 0.410 e. The second-order valence-corrected chi connectivity index (χ2v) is 11.4. The molecule has 5 nitrogen and oxygen atoms in total. The zero-order chi connectivity index (χ0) is 26.0. The van der Waals surface area contributed by atoms with Crippen molar-refractivity contribution >= 4 is 11.9 Å².